The molecule has 1 amide bonds. The van der Waals surface area contributed by atoms with Gasteiger partial charge in [-0.2, -0.15) is 10.1 Å². The number of amides is 1. The zero-order valence-corrected chi connectivity index (χ0v) is 25.4. The summed E-state index contributed by atoms with van der Waals surface area (Å²) in [6.45, 7) is 7.46. The lowest BCUT2D eigenvalue weighted by molar-refractivity contribution is -0.117. The summed E-state index contributed by atoms with van der Waals surface area (Å²) in [7, 11) is 1.89. The molecule has 0 saturated carbocycles. The van der Waals surface area contributed by atoms with Crippen molar-refractivity contribution in [2.24, 2.45) is 7.05 Å². The van der Waals surface area contributed by atoms with Crippen molar-refractivity contribution in [3.63, 3.8) is 0 Å². The van der Waals surface area contributed by atoms with Crippen LogP contribution in [0.4, 0.5) is 17.5 Å². The molecule has 12 nitrogen and oxygen atoms in total. The summed E-state index contributed by atoms with van der Waals surface area (Å²) in [5.41, 5.74) is 5.23. The molecule has 1 saturated heterocycles. The SMILES string of the molecule is Cc1ncc(Br)c(OC2CCN(CC(=O)Nc3cccc4c(-c5nc(Nc6cc(C)n(C)n6)ncc5C)c[nH]c34)C2)n1. The Hall–Kier alpha value is -4.36. The number of anilines is 3. The van der Waals surface area contributed by atoms with E-state index < -0.39 is 0 Å². The van der Waals surface area contributed by atoms with E-state index in [1.165, 1.54) is 0 Å². The second kappa shape index (κ2) is 11.5. The van der Waals surface area contributed by atoms with Gasteiger partial charge in [-0.05, 0) is 54.8 Å². The van der Waals surface area contributed by atoms with E-state index in [0.29, 0.717) is 35.7 Å². The molecule has 4 aromatic heterocycles. The Morgan fingerprint density at radius 2 is 2.05 bits per heavy atom. The van der Waals surface area contributed by atoms with Crippen molar-refractivity contribution in [2.75, 3.05) is 30.3 Å². The number of carbonyl (C=O) groups excluding carboxylic acids is 1. The van der Waals surface area contributed by atoms with Gasteiger partial charge in [0.2, 0.25) is 17.7 Å². The van der Waals surface area contributed by atoms with Crippen LogP contribution >= 0.6 is 15.9 Å². The molecule has 3 N–H and O–H groups in total. The van der Waals surface area contributed by atoms with Crippen molar-refractivity contribution in [2.45, 2.75) is 33.3 Å². The number of ether oxygens (including phenoxy) is 1. The van der Waals surface area contributed by atoms with E-state index in [-0.39, 0.29) is 18.6 Å². The summed E-state index contributed by atoms with van der Waals surface area (Å²) in [5, 5.41) is 11.7. The van der Waals surface area contributed by atoms with E-state index in [4.69, 9.17) is 9.72 Å². The second-order valence-corrected chi connectivity index (χ2v) is 11.3. The fourth-order valence-electron chi connectivity index (χ4n) is 5.07. The zero-order chi connectivity index (χ0) is 29.4. The summed E-state index contributed by atoms with van der Waals surface area (Å²) < 4.78 is 8.59. The number of aryl methyl sites for hydroxylation is 4. The highest BCUT2D eigenvalue weighted by atomic mass is 79.9. The summed E-state index contributed by atoms with van der Waals surface area (Å²) in [6, 6.07) is 7.79. The average Bonchev–Trinajstić information content (AvgIpc) is 3.66. The highest BCUT2D eigenvalue weighted by Gasteiger charge is 2.27. The van der Waals surface area contributed by atoms with Gasteiger partial charge in [0.05, 0.1) is 27.9 Å². The number of hydrogen-bond donors (Lipinski definition) is 3. The smallest absolute Gasteiger partial charge is 0.238 e. The molecule has 5 heterocycles. The van der Waals surface area contributed by atoms with Gasteiger partial charge in [0.25, 0.3) is 0 Å². The Kier molecular flexibility index (Phi) is 7.60. The van der Waals surface area contributed by atoms with E-state index in [1.807, 2.05) is 58.3 Å². The highest BCUT2D eigenvalue weighted by Crippen LogP contribution is 2.33. The normalized spacial score (nSPS) is 15.3. The van der Waals surface area contributed by atoms with E-state index in [2.05, 4.69) is 56.5 Å². The van der Waals surface area contributed by atoms with Gasteiger partial charge in [0.1, 0.15) is 11.9 Å². The van der Waals surface area contributed by atoms with Crippen LogP contribution in [-0.4, -0.2) is 71.2 Å². The molecule has 216 valence electrons. The quantitative estimate of drug-likeness (QED) is 0.223. The van der Waals surface area contributed by atoms with Crippen LogP contribution in [0.25, 0.3) is 22.2 Å². The van der Waals surface area contributed by atoms with Crippen LogP contribution in [0.3, 0.4) is 0 Å². The molecule has 1 aliphatic rings. The van der Waals surface area contributed by atoms with Crippen molar-refractivity contribution in [1.29, 1.82) is 0 Å². The fourth-order valence-corrected chi connectivity index (χ4v) is 5.35. The van der Waals surface area contributed by atoms with Crippen molar-refractivity contribution in [3.8, 4) is 17.1 Å². The van der Waals surface area contributed by atoms with Gasteiger partial charge < -0.3 is 20.4 Å². The number of fused-ring (bicyclic) bond motifs is 1. The Morgan fingerprint density at radius 1 is 1.19 bits per heavy atom. The lowest BCUT2D eigenvalue weighted by Gasteiger charge is -2.17. The number of halogens is 1. The predicted octanol–water partition coefficient (Wildman–Crippen LogP) is 4.67. The first-order valence-electron chi connectivity index (χ1n) is 13.6. The molecule has 1 atom stereocenters. The molecule has 1 unspecified atom stereocenters. The molecule has 0 bridgehead atoms. The van der Waals surface area contributed by atoms with Gasteiger partial charge in [0.15, 0.2) is 5.82 Å². The second-order valence-electron chi connectivity index (χ2n) is 10.5. The monoisotopic (exact) mass is 630 g/mol. The molecular weight excluding hydrogens is 600 g/mol. The first-order chi connectivity index (χ1) is 20.2. The molecule has 6 rings (SSSR count). The van der Waals surface area contributed by atoms with Gasteiger partial charge in [-0.3, -0.25) is 14.4 Å². The van der Waals surface area contributed by atoms with Crippen molar-refractivity contribution >= 4 is 50.2 Å². The first-order valence-corrected chi connectivity index (χ1v) is 14.4. The molecular formula is C29H31BrN10O2. The van der Waals surface area contributed by atoms with Crippen molar-refractivity contribution in [1.82, 2.24) is 39.6 Å². The predicted molar refractivity (Wildman–Crippen MR) is 164 cm³/mol. The number of rotatable bonds is 8. The van der Waals surface area contributed by atoms with Gasteiger partial charge in [-0.1, -0.05) is 12.1 Å². The Balaban J connectivity index is 1.14. The summed E-state index contributed by atoms with van der Waals surface area (Å²) in [5.74, 6) is 2.23. The van der Waals surface area contributed by atoms with E-state index in [9.17, 15) is 4.79 Å². The van der Waals surface area contributed by atoms with Crippen LogP contribution in [0.1, 0.15) is 23.5 Å². The molecule has 0 spiro atoms. The molecule has 0 radical (unpaired) electrons. The van der Waals surface area contributed by atoms with Gasteiger partial charge in [-0.15, -0.1) is 0 Å². The standard InChI is InChI=1S/C29H31BrN10O2/c1-16-11-33-29(36-24-10-17(2)39(4)38-24)37-26(16)21-12-32-27-20(21)6-5-7-23(27)35-25(41)15-40-9-8-19(14-40)42-28-22(30)13-31-18(3)34-28/h5-7,10-13,19,32H,8-9,14-15H2,1-4H3,(H,35,41)(H,33,36,37,38). The topological polar surface area (TPSA) is 139 Å². The number of aromatic nitrogens is 7. The molecule has 1 fully saturated rings. The van der Waals surface area contributed by atoms with Crippen LogP contribution in [0, 0.1) is 20.8 Å². The number of para-hydroxylation sites is 1. The summed E-state index contributed by atoms with van der Waals surface area (Å²) in [4.78, 5) is 36.3. The average molecular weight is 632 g/mol. The minimum absolute atomic E-state index is 0.0463. The lowest BCUT2D eigenvalue weighted by atomic mass is 10.1. The molecule has 1 aromatic carbocycles. The third-order valence-electron chi connectivity index (χ3n) is 7.28. The maximum atomic E-state index is 13.1. The number of benzene rings is 1. The van der Waals surface area contributed by atoms with Crippen LogP contribution in [0.2, 0.25) is 0 Å². The molecule has 42 heavy (non-hydrogen) atoms. The van der Waals surface area contributed by atoms with Gasteiger partial charge in [0, 0.05) is 61.4 Å². The van der Waals surface area contributed by atoms with E-state index in [1.54, 1.807) is 17.1 Å². The maximum Gasteiger partial charge on any atom is 0.238 e. The maximum absolute atomic E-state index is 13.1. The molecule has 0 aliphatic carbocycles. The minimum atomic E-state index is -0.0891. The lowest BCUT2D eigenvalue weighted by Crippen LogP contribution is -2.33. The minimum Gasteiger partial charge on any atom is -0.472 e. The summed E-state index contributed by atoms with van der Waals surface area (Å²) in [6.07, 6.45) is 6.17. The third-order valence-corrected chi connectivity index (χ3v) is 7.82. The van der Waals surface area contributed by atoms with Crippen molar-refractivity contribution < 1.29 is 9.53 Å². The molecule has 5 aromatic rings. The number of H-pyrrole nitrogens is 1. The van der Waals surface area contributed by atoms with Crippen LogP contribution < -0.4 is 15.4 Å². The fraction of sp³-hybridized carbons (Fsp3) is 0.310. The third kappa shape index (κ3) is 5.83. The Bertz CT molecular complexity index is 1760. The van der Waals surface area contributed by atoms with Gasteiger partial charge >= 0.3 is 0 Å². The number of likely N-dealkylation sites (tertiary alicyclic amines) is 1. The van der Waals surface area contributed by atoms with Crippen LogP contribution in [-0.2, 0) is 11.8 Å². The van der Waals surface area contributed by atoms with Crippen molar-refractivity contribution in [3.05, 3.63) is 64.4 Å². The Morgan fingerprint density at radius 3 is 2.86 bits per heavy atom. The number of aromatic amines is 1. The van der Waals surface area contributed by atoms with E-state index in [0.717, 1.165) is 50.9 Å². The number of nitrogens with zero attached hydrogens (tertiary/aromatic N) is 7. The number of nitrogens with one attached hydrogen (secondary N) is 3. The van der Waals surface area contributed by atoms with Gasteiger partial charge in [-0.25, -0.2) is 15.0 Å². The molecule has 13 heteroatoms. The largest absolute Gasteiger partial charge is 0.472 e. The highest BCUT2D eigenvalue weighted by molar-refractivity contribution is 9.10. The van der Waals surface area contributed by atoms with Crippen LogP contribution in [0.15, 0.2) is 47.3 Å². The number of carbonyl (C=O) groups is 1. The van der Waals surface area contributed by atoms with Crippen LogP contribution in [0.5, 0.6) is 5.88 Å². The first kappa shape index (κ1) is 27.8. The Labute approximate surface area is 251 Å². The van der Waals surface area contributed by atoms with E-state index >= 15 is 0 Å². The summed E-state index contributed by atoms with van der Waals surface area (Å²) >= 11 is 3.45. The number of hydrogen-bond acceptors (Lipinski definition) is 9. The zero-order valence-electron chi connectivity index (χ0n) is 23.8. The molecule has 1 aliphatic heterocycles.